The fourth-order valence-corrected chi connectivity index (χ4v) is 2.58. The molecule has 104 valence electrons. The van der Waals surface area contributed by atoms with Crippen LogP contribution in [0.4, 0.5) is 0 Å². The van der Waals surface area contributed by atoms with Gasteiger partial charge in [0.15, 0.2) is 11.6 Å². The number of hydrogen-bond donors (Lipinski definition) is 0. The molecule has 1 aromatic rings. The molecular formula is C16H14Cl2O2. The van der Waals surface area contributed by atoms with Gasteiger partial charge in [-0.3, -0.25) is 9.59 Å². The first kappa shape index (κ1) is 15.0. The van der Waals surface area contributed by atoms with E-state index in [1.165, 1.54) is 0 Å². The highest BCUT2D eigenvalue weighted by molar-refractivity contribution is 6.34. The molecule has 0 unspecified atom stereocenters. The number of benzene rings is 1. The maximum absolute atomic E-state index is 12.1. The molecule has 0 fully saturated rings. The Morgan fingerprint density at radius 2 is 1.75 bits per heavy atom. The van der Waals surface area contributed by atoms with Gasteiger partial charge in [-0.05, 0) is 25.0 Å². The van der Waals surface area contributed by atoms with Gasteiger partial charge in [-0.15, -0.1) is 0 Å². The first-order chi connectivity index (χ1) is 9.59. The summed E-state index contributed by atoms with van der Waals surface area (Å²) in [7, 11) is 0. The van der Waals surface area contributed by atoms with Crippen molar-refractivity contribution in [2.45, 2.75) is 25.7 Å². The van der Waals surface area contributed by atoms with Crippen molar-refractivity contribution < 1.29 is 9.59 Å². The van der Waals surface area contributed by atoms with Crippen LogP contribution < -0.4 is 0 Å². The smallest absolute Gasteiger partial charge is 0.164 e. The molecule has 0 saturated carbocycles. The Balaban J connectivity index is 1.99. The van der Waals surface area contributed by atoms with Gasteiger partial charge in [-0.2, -0.15) is 0 Å². The zero-order valence-electron chi connectivity index (χ0n) is 10.9. The summed E-state index contributed by atoms with van der Waals surface area (Å²) in [6, 6.07) is 6.85. The van der Waals surface area contributed by atoms with E-state index in [2.05, 4.69) is 0 Å². The maximum atomic E-state index is 12.1. The lowest BCUT2D eigenvalue weighted by Gasteiger charge is -2.09. The van der Waals surface area contributed by atoms with Gasteiger partial charge in [0.1, 0.15) is 0 Å². The highest BCUT2D eigenvalue weighted by Crippen LogP contribution is 2.24. The number of rotatable bonds is 5. The normalized spacial score (nSPS) is 14.5. The van der Waals surface area contributed by atoms with E-state index < -0.39 is 0 Å². The predicted molar refractivity (Wildman–Crippen MR) is 81.3 cm³/mol. The molecule has 0 aromatic heterocycles. The lowest BCUT2D eigenvalue weighted by molar-refractivity contribution is -0.115. The van der Waals surface area contributed by atoms with Gasteiger partial charge in [0, 0.05) is 29.0 Å². The topological polar surface area (TPSA) is 34.1 Å². The summed E-state index contributed by atoms with van der Waals surface area (Å²) in [6.07, 6.45) is 5.51. The van der Waals surface area contributed by atoms with Gasteiger partial charge < -0.3 is 0 Å². The number of ketones is 2. The monoisotopic (exact) mass is 308 g/mol. The molecule has 0 radical (unpaired) electrons. The first-order valence-electron chi connectivity index (χ1n) is 6.45. The number of allylic oxidation sites excluding steroid dienone is 4. The van der Waals surface area contributed by atoms with Crippen molar-refractivity contribution in [3.05, 3.63) is 57.6 Å². The van der Waals surface area contributed by atoms with Crippen LogP contribution in [0.5, 0.6) is 0 Å². The summed E-state index contributed by atoms with van der Waals surface area (Å²) < 4.78 is 0. The Hall–Kier alpha value is -1.38. The molecule has 4 heteroatoms. The second-order valence-corrected chi connectivity index (χ2v) is 5.45. The van der Waals surface area contributed by atoms with Gasteiger partial charge in [-0.1, -0.05) is 47.5 Å². The molecular weight excluding hydrogens is 295 g/mol. The summed E-state index contributed by atoms with van der Waals surface area (Å²) in [5.74, 6) is -0.216. The van der Waals surface area contributed by atoms with Gasteiger partial charge in [0.05, 0.1) is 5.02 Å². The van der Waals surface area contributed by atoms with Crippen LogP contribution in [0.1, 0.15) is 36.0 Å². The number of carbonyl (C=O) groups is 2. The summed E-state index contributed by atoms with van der Waals surface area (Å²) in [4.78, 5) is 24.1. The van der Waals surface area contributed by atoms with Crippen LogP contribution in [0.25, 0.3) is 0 Å². The number of hydrogen-bond acceptors (Lipinski definition) is 2. The predicted octanol–water partition coefficient (Wildman–Crippen LogP) is 4.71. The molecule has 0 atom stereocenters. The van der Waals surface area contributed by atoms with Crippen LogP contribution in [0.15, 0.2) is 47.0 Å². The highest BCUT2D eigenvalue weighted by atomic mass is 35.5. The average molecular weight is 309 g/mol. The minimum atomic E-state index is -0.125. The largest absolute Gasteiger partial charge is 0.294 e. The fraction of sp³-hybridized carbons (Fsp3) is 0.250. The molecule has 0 amide bonds. The molecule has 2 nitrogen and oxygen atoms in total. The average Bonchev–Trinajstić information content (AvgIpc) is 2.45. The van der Waals surface area contributed by atoms with E-state index in [1.807, 2.05) is 6.08 Å². The Labute approximate surface area is 128 Å². The van der Waals surface area contributed by atoms with E-state index >= 15 is 0 Å². The zero-order chi connectivity index (χ0) is 14.5. The van der Waals surface area contributed by atoms with E-state index in [1.54, 1.807) is 30.3 Å². The van der Waals surface area contributed by atoms with Crippen molar-refractivity contribution in [3.8, 4) is 0 Å². The highest BCUT2D eigenvalue weighted by Gasteiger charge is 2.17. The molecule has 0 N–H and O–H groups in total. The molecule has 0 heterocycles. The first-order valence-corrected chi connectivity index (χ1v) is 7.21. The van der Waals surface area contributed by atoms with E-state index in [0.29, 0.717) is 27.6 Å². The van der Waals surface area contributed by atoms with Crippen LogP contribution in [-0.4, -0.2) is 11.6 Å². The fourth-order valence-electron chi connectivity index (χ4n) is 2.06. The standard InChI is InChI=1S/C16H14Cl2O2/c17-13-7-3-1-5-11(13)15(19)9-10-16(20)12-6-2-4-8-14(12)18/h1-3,5-7H,4,8-10H2. The lowest BCUT2D eigenvalue weighted by atomic mass is 9.98. The molecule has 20 heavy (non-hydrogen) atoms. The molecule has 1 aliphatic carbocycles. The molecule has 0 saturated heterocycles. The summed E-state index contributed by atoms with van der Waals surface area (Å²) in [5.41, 5.74) is 0.992. The second kappa shape index (κ2) is 6.87. The van der Waals surface area contributed by atoms with Crippen LogP contribution in [0, 0.1) is 0 Å². The summed E-state index contributed by atoms with van der Waals surface area (Å²) >= 11 is 12.0. The van der Waals surface area contributed by atoms with Gasteiger partial charge in [-0.25, -0.2) is 0 Å². The number of halogens is 2. The molecule has 2 rings (SSSR count). The van der Waals surface area contributed by atoms with Crippen molar-refractivity contribution in [2.75, 3.05) is 0 Å². The SMILES string of the molecule is O=C(CCC(=O)c1ccccc1Cl)C1=C(Cl)CCC=C1. The Kier molecular flexibility index (Phi) is 5.16. The van der Waals surface area contributed by atoms with Crippen LogP contribution in [0.2, 0.25) is 5.02 Å². The molecule has 0 spiro atoms. The van der Waals surface area contributed by atoms with Crippen molar-refractivity contribution >= 4 is 34.8 Å². The maximum Gasteiger partial charge on any atom is 0.164 e. The minimum absolute atomic E-state index is 0.0913. The number of Topliss-reactive ketones (excluding diaryl/α,β-unsaturated/α-hetero) is 2. The third kappa shape index (κ3) is 3.59. The van der Waals surface area contributed by atoms with Crippen molar-refractivity contribution in [3.63, 3.8) is 0 Å². The Morgan fingerprint density at radius 1 is 1.05 bits per heavy atom. The van der Waals surface area contributed by atoms with E-state index in [4.69, 9.17) is 23.2 Å². The van der Waals surface area contributed by atoms with E-state index in [-0.39, 0.29) is 24.4 Å². The van der Waals surface area contributed by atoms with Crippen molar-refractivity contribution in [2.24, 2.45) is 0 Å². The quantitative estimate of drug-likeness (QED) is 0.738. The van der Waals surface area contributed by atoms with Gasteiger partial charge in [0.2, 0.25) is 0 Å². The van der Waals surface area contributed by atoms with Crippen LogP contribution in [-0.2, 0) is 4.79 Å². The molecule has 1 aromatic carbocycles. The summed E-state index contributed by atoms with van der Waals surface area (Å²) in [6.45, 7) is 0. The van der Waals surface area contributed by atoms with Crippen LogP contribution in [0.3, 0.4) is 0 Å². The molecule has 0 aliphatic heterocycles. The minimum Gasteiger partial charge on any atom is -0.294 e. The lowest BCUT2D eigenvalue weighted by Crippen LogP contribution is -2.08. The second-order valence-electron chi connectivity index (χ2n) is 4.59. The van der Waals surface area contributed by atoms with Gasteiger partial charge >= 0.3 is 0 Å². The molecule has 0 bridgehead atoms. The number of carbonyl (C=O) groups excluding carboxylic acids is 2. The zero-order valence-corrected chi connectivity index (χ0v) is 12.4. The Bertz CT molecular complexity index is 600. The third-order valence-corrected chi connectivity index (χ3v) is 3.88. The summed E-state index contributed by atoms with van der Waals surface area (Å²) in [5, 5.41) is 1.00. The van der Waals surface area contributed by atoms with E-state index in [0.717, 1.165) is 6.42 Å². The van der Waals surface area contributed by atoms with Crippen LogP contribution >= 0.6 is 23.2 Å². The van der Waals surface area contributed by atoms with Crippen molar-refractivity contribution in [1.82, 2.24) is 0 Å². The van der Waals surface area contributed by atoms with Gasteiger partial charge in [0.25, 0.3) is 0 Å². The third-order valence-electron chi connectivity index (χ3n) is 3.16. The Morgan fingerprint density at radius 3 is 2.45 bits per heavy atom. The van der Waals surface area contributed by atoms with Crippen molar-refractivity contribution in [1.29, 1.82) is 0 Å². The van der Waals surface area contributed by atoms with E-state index in [9.17, 15) is 9.59 Å². The molecule has 1 aliphatic rings.